The Hall–Kier alpha value is -3.35. The Morgan fingerprint density at radius 3 is 2.37 bits per heavy atom. The molecule has 2 aromatic carbocycles. The van der Waals surface area contributed by atoms with Crippen LogP contribution in [-0.2, 0) is 0 Å². The van der Waals surface area contributed by atoms with Gasteiger partial charge >= 0.3 is 0 Å². The van der Waals surface area contributed by atoms with Gasteiger partial charge in [-0.1, -0.05) is 12.1 Å². The van der Waals surface area contributed by atoms with Crippen LogP contribution in [0.1, 0.15) is 28.9 Å². The third-order valence-electron chi connectivity index (χ3n) is 4.59. The molecule has 140 valence electrons. The number of methoxy groups -OCH3 is 2. The Labute approximate surface area is 158 Å². The van der Waals surface area contributed by atoms with Crippen molar-refractivity contribution in [1.82, 2.24) is 19.7 Å². The highest BCUT2D eigenvalue weighted by Crippen LogP contribution is 2.29. The van der Waals surface area contributed by atoms with Crippen LogP contribution in [0.15, 0.2) is 55.1 Å². The van der Waals surface area contributed by atoms with E-state index in [0.29, 0.717) is 17.1 Å². The average molecular weight is 366 g/mol. The Balaban J connectivity index is 1.78. The Bertz CT molecular complexity index is 907. The first-order chi connectivity index (χ1) is 13.0. The molecule has 3 aromatic rings. The molecule has 7 heteroatoms. The fourth-order valence-corrected chi connectivity index (χ4v) is 2.82. The predicted molar refractivity (Wildman–Crippen MR) is 101 cm³/mol. The highest BCUT2D eigenvalue weighted by molar-refractivity contribution is 5.95. The van der Waals surface area contributed by atoms with E-state index < -0.39 is 0 Å². The first-order valence-electron chi connectivity index (χ1n) is 8.49. The lowest BCUT2D eigenvalue weighted by Crippen LogP contribution is -2.29. The standard InChI is InChI=1S/C20H22N4O3/c1-14(15-5-8-17(9-6-15)24-13-21-12-22-24)23(2)20(25)16-7-10-18(26-3)19(11-16)27-4/h5-14H,1-4H3/t14-/m0/s1. The van der Waals surface area contributed by atoms with E-state index >= 15 is 0 Å². The van der Waals surface area contributed by atoms with Gasteiger partial charge in [-0.25, -0.2) is 9.67 Å². The first-order valence-corrected chi connectivity index (χ1v) is 8.49. The van der Waals surface area contributed by atoms with Crippen molar-refractivity contribution in [2.75, 3.05) is 21.3 Å². The number of hydrogen-bond donors (Lipinski definition) is 0. The summed E-state index contributed by atoms with van der Waals surface area (Å²) < 4.78 is 12.2. The smallest absolute Gasteiger partial charge is 0.254 e. The van der Waals surface area contributed by atoms with Crippen LogP contribution in [0.2, 0.25) is 0 Å². The lowest BCUT2D eigenvalue weighted by atomic mass is 10.1. The second kappa shape index (κ2) is 7.90. The molecule has 27 heavy (non-hydrogen) atoms. The minimum absolute atomic E-state index is 0.0937. The van der Waals surface area contributed by atoms with Gasteiger partial charge < -0.3 is 14.4 Å². The molecule has 0 aliphatic rings. The molecule has 3 rings (SSSR count). The van der Waals surface area contributed by atoms with Crippen LogP contribution in [0.4, 0.5) is 0 Å². The Morgan fingerprint density at radius 1 is 1.07 bits per heavy atom. The van der Waals surface area contributed by atoms with Crippen molar-refractivity contribution in [3.8, 4) is 17.2 Å². The summed E-state index contributed by atoms with van der Waals surface area (Å²) in [5.41, 5.74) is 2.48. The average Bonchev–Trinajstić information content (AvgIpc) is 3.26. The molecule has 7 nitrogen and oxygen atoms in total. The van der Waals surface area contributed by atoms with E-state index in [2.05, 4.69) is 10.1 Å². The number of carbonyl (C=O) groups is 1. The van der Waals surface area contributed by atoms with E-state index in [1.165, 1.54) is 6.33 Å². The number of nitrogens with zero attached hydrogens (tertiary/aromatic N) is 4. The molecule has 0 fully saturated rings. The summed E-state index contributed by atoms with van der Waals surface area (Å²) in [6.45, 7) is 1.99. The van der Waals surface area contributed by atoms with Gasteiger partial charge in [-0.15, -0.1) is 0 Å². The summed E-state index contributed by atoms with van der Waals surface area (Å²) in [4.78, 5) is 18.5. The molecule has 1 aromatic heterocycles. The van der Waals surface area contributed by atoms with Crippen LogP contribution in [0.3, 0.4) is 0 Å². The zero-order chi connectivity index (χ0) is 19.4. The summed E-state index contributed by atoms with van der Waals surface area (Å²) in [6, 6.07) is 12.9. The van der Waals surface area contributed by atoms with Gasteiger partial charge in [0.15, 0.2) is 11.5 Å². The fraction of sp³-hybridized carbons (Fsp3) is 0.250. The SMILES string of the molecule is COc1ccc(C(=O)N(C)[C@@H](C)c2ccc(-n3cncn3)cc2)cc1OC. The van der Waals surface area contributed by atoms with Crippen molar-refractivity contribution in [1.29, 1.82) is 0 Å². The number of rotatable bonds is 6. The fourth-order valence-electron chi connectivity index (χ4n) is 2.82. The van der Waals surface area contributed by atoms with Crippen LogP contribution < -0.4 is 9.47 Å². The monoisotopic (exact) mass is 366 g/mol. The van der Waals surface area contributed by atoms with Crippen LogP contribution in [-0.4, -0.2) is 46.8 Å². The minimum atomic E-state index is -0.101. The highest BCUT2D eigenvalue weighted by Gasteiger charge is 2.20. The second-order valence-corrected chi connectivity index (χ2v) is 6.09. The molecule has 0 aliphatic carbocycles. The maximum atomic E-state index is 12.9. The van der Waals surface area contributed by atoms with E-state index in [0.717, 1.165) is 11.3 Å². The van der Waals surface area contributed by atoms with Gasteiger partial charge in [0.1, 0.15) is 12.7 Å². The van der Waals surface area contributed by atoms with Crippen molar-refractivity contribution in [2.45, 2.75) is 13.0 Å². The number of aromatic nitrogens is 3. The van der Waals surface area contributed by atoms with Crippen molar-refractivity contribution in [3.63, 3.8) is 0 Å². The van der Waals surface area contributed by atoms with Crippen molar-refractivity contribution in [3.05, 3.63) is 66.2 Å². The quantitative estimate of drug-likeness (QED) is 0.670. The van der Waals surface area contributed by atoms with Crippen molar-refractivity contribution < 1.29 is 14.3 Å². The predicted octanol–water partition coefficient (Wildman–Crippen LogP) is 3.12. The molecule has 0 N–H and O–H groups in total. The van der Waals surface area contributed by atoms with E-state index in [4.69, 9.17) is 9.47 Å². The maximum Gasteiger partial charge on any atom is 0.254 e. The van der Waals surface area contributed by atoms with Gasteiger partial charge in [-0.2, -0.15) is 5.10 Å². The largest absolute Gasteiger partial charge is 0.493 e. The molecule has 1 amide bonds. The van der Waals surface area contributed by atoms with Gasteiger partial charge in [-0.3, -0.25) is 4.79 Å². The van der Waals surface area contributed by atoms with Crippen LogP contribution >= 0.6 is 0 Å². The number of ether oxygens (including phenoxy) is 2. The van der Waals surface area contributed by atoms with Crippen molar-refractivity contribution >= 4 is 5.91 Å². The molecular weight excluding hydrogens is 344 g/mol. The number of hydrogen-bond acceptors (Lipinski definition) is 5. The summed E-state index contributed by atoms with van der Waals surface area (Å²) >= 11 is 0. The lowest BCUT2D eigenvalue weighted by molar-refractivity contribution is 0.0742. The molecule has 0 radical (unpaired) electrons. The number of carbonyl (C=O) groups excluding carboxylic acids is 1. The topological polar surface area (TPSA) is 69.5 Å². The Kier molecular flexibility index (Phi) is 5.40. The summed E-state index contributed by atoms with van der Waals surface area (Å²) in [7, 11) is 4.90. The van der Waals surface area contributed by atoms with Gasteiger partial charge in [0.2, 0.25) is 0 Å². The number of amides is 1. The minimum Gasteiger partial charge on any atom is -0.493 e. The molecule has 1 atom stereocenters. The molecule has 0 bridgehead atoms. The van der Waals surface area contributed by atoms with Gasteiger partial charge in [0.05, 0.1) is 25.9 Å². The van der Waals surface area contributed by atoms with Crippen molar-refractivity contribution in [2.24, 2.45) is 0 Å². The normalized spacial score (nSPS) is 11.7. The van der Waals surface area contributed by atoms with Crippen LogP contribution in [0, 0.1) is 0 Å². The van der Waals surface area contributed by atoms with E-state index in [-0.39, 0.29) is 11.9 Å². The molecule has 0 saturated heterocycles. The van der Waals surface area contributed by atoms with Gasteiger partial charge in [-0.05, 0) is 42.8 Å². The maximum absolute atomic E-state index is 12.9. The molecule has 0 spiro atoms. The number of benzene rings is 2. The lowest BCUT2D eigenvalue weighted by Gasteiger charge is -2.26. The van der Waals surface area contributed by atoms with E-state index in [9.17, 15) is 4.79 Å². The Morgan fingerprint density at radius 2 is 1.78 bits per heavy atom. The summed E-state index contributed by atoms with van der Waals surface area (Å²) in [6.07, 6.45) is 3.14. The first kappa shape index (κ1) is 18.4. The third kappa shape index (κ3) is 3.76. The highest BCUT2D eigenvalue weighted by atomic mass is 16.5. The zero-order valence-corrected chi connectivity index (χ0v) is 15.8. The zero-order valence-electron chi connectivity index (χ0n) is 15.8. The molecule has 0 aliphatic heterocycles. The molecule has 0 saturated carbocycles. The second-order valence-electron chi connectivity index (χ2n) is 6.09. The molecule has 0 unspecified atom stereocenters. The van der Waals surface area contributed by atoms with Crippen LogP contribution in [0.25, 0.3) is 5.69 Å². The van der Waals surface area contributed by atoms with Crippen LogP contribution in [0.5, 0.6) is 11.5 Å². The molecule has 1 heterocycles. The van der Waals surface area contributed by atoms with Gasteiger partial charge in [0, 0.05) is 12.6 Å². The van der Waals surface area contributed by atoms with E-state index in [1.54, 1.807) is 55.4 Å². The third-order valence-corrected chi connectivity index (χ3v) is 4.59. The molecular formula is C20H22N4O3. The summed E-state index contributed by atoms with van der Waals surface area (Å²) in [5, 5.41) is 4.11. The van der Waals surface area contributed by atoms with E-state index in [1.807, 2.05) is 31.2 Å². The van der Waals surface area contributed by atoms with Gasteiger partial charge in [0.25, 0.3) is 5.91 Å². The summed E-state index contributed by atoms with van der Waals surface area (Å²) in [5.74, 6) is 1.03.